The van der Waals surface area contributed by atoms with Crippen LogP contribution in [0, 0.1) is 25.2 Å². The zero-order valence-corrected chi connectivity index (χ0v) is 10.8. The summed E-state index contributed by atoms with van der Waals surface area (Å²) in [6, 6.07) is 1.86. The molecule has 0 fully saturated rings. The van der Waals surface area contributed by atoms with E-state index in [1.165, 1.54) is 0 Å². The van der Waals surface area contributed by atoms with Crippen LogP contribution in [0.1, 0.15) is 30.2 Å². The maximum atomic E-state index is 11.9. The lowest BCUT2D eigenvalue weighted by atomic mass is 10.1. The minimum atomic E-state index is -0.521. The summed E-state index contributed by atoms with van der Waals surface area (Å²) in [5.74, 6) is -0.279. The van der Waals surface area contributed by atoms with E-state index in [2.05, 4.69) is 10.4 Å². The van der Waals surface area contributed by atoms with Crippen molar-refractivity contribution >= 4 is 5.91 Å². The van der Waals surface area contributed by atoms with Crippen molar-refractivity contribution in [2.24, 2.45) is 0 Å². The highest BCUT2D eigenvalue weighted by atomic mass is 16.2. The van der Waals surface area contributed by atoms with Gasteiger partial charge in [-0.1, -0.05) is 6.92 Å². The zero-order chi connectivity index (χ0) is 13.7. The molecule has 96 valence electrons. The predicted octanol–water partition coefficient (Wildman–Crippen LogP) is 0.258. The maximum Gasteiger partial charge on any atom is 0.285 e. The molecule has 0 saturated carbocycles. The van der Waals surface area contributed by atoms with Crippen LogP contribution in [-0.2, 0) is 11.3 Å². The minimum absolute atomic E-state index is 0.0470. The molecular weight excluding hydrogens is 232 g/mol. The van der Waals surface area contributed by atoms with Gasteiger partial charge < -0.3 is 5.32 Å². The molecule has 6 heteroatoms. The lowest BCUT2D eigenvalue weighted by Gasteiger charge is -2.08. The molecular formula is C12H16N4O2. The molecule has 0 spiro atoms. The van der Waals surface area contributed by atoms with Crippen LogP contribution in [0.4, 0.5) is 0 Å². The van der Waals surface area contributed by atoms with Gasteiger partial charge in [0.2, 0.25) is 5.91 Å². The highest BCUT2D eigenvalue weighted by molar-refractivity contribution is 5.75. The monoisotopic (exact) mass is 248 g/mol. The number of aryl methyl sites for hydroxylation is 1. The summed E-state index contributed by atoms with van der Waals surface area (Å²) in [6.07, 6.45) is 0.824. The first-order chi connectivity index (χ1) is 8.51. The molecule has 1 amide bonds. The summed E-state index contributed by atoms with van der Waals surface area (Å²) >= 11 is 0. The number of amides is 1. The Kier molecular flexibility index (Phi) is 4.60. The Morgan fingerprint density at radius 3 is 2.72 bits per heavy atom. The van der Waals surface area contributed by atoms with Gasteiger partial charge in [0.25, 0.3) is 5.56 Å². The Morgan fingerprint density at radius 2 is 2.17 bits per heavy atom. The SMILES string of the molecule is CCCNC(=O)Cn1nc(C)c(C)c(C#N)c1=O. The smallest absolute Gasteiger partial charge is 0.285 e. The number of aromatic nitrogens is 2. The van der Waals surface area contributed by atoms with Crippen molar-refractivity contribution in [2.45, 2.75) is 33.7 Å². The molecule has 0 aromatic carbocycles. The highest BCUT2D eigenvalue weighted by Gasteiger charge is 2.13. The van der Waals surface area contributed by atoms with Gasteiger partial charge in [-0.25, -0.2) is 4.68 Å². The first-order valence-electron chi connectivity index (χ1n) is 5.76. The Balaban J connectivity index is 3.05. The first-order valence-corrected chi connectivity index (χ1v) is 5.76. The first kappa shape index (κ1) is 13.9. The van der Waals surface area contributed by atoms with Crippen molar-refractivity contribution in [2.75, 3.05) is 6.54 Å². The third-order valence-corrected chi connectivity index (χ3v) is 2.61. The summed E-state index contributed by atoms with van der Waals surface area (Å²) in [7, 11) is 0. The molecule has 0 aliphatic heterocycles. The fourth-order valence-electron chi connectivity index (χ4n) is 1.47. The van der Waals surface area contributed by atoms with Crippen LogP contribution in [0.25, 0.3) is 0 Å². The Bertz CT molecular complexity index is 554. The molecule has 0 saturated heterocycles. The largest absolute Gasteiger partial charge is 0.355 e. The van der Waals surface area contributed by atoms with Gasteiger partial charge in [-0.15, -0.1) is 0 Å². The van der Waals surface area contributed by atoms with E-state index in [1.807, 2.05) is 13.0 Å². The zero-order valence-electron chi connectivity index (χ0n) is 10.8. The fourth-order valence-corrected chi connectivity index (χ4v) is 1.47. The maximum absolute atomic E-state index is 11.9. The van der Waals surface area contributed by atoms with Crippen LogP contribution < -0.4 is 10.9 Å². The van der Waals surface area contributed by atoms with Gasteiger partial charge in [-0.2, -0.15) is 10.4 Å². The van der Waals surface area contributed by atoms with E-state index >= 15 is 0 Å². The average molecular weight is 248 g/mol. The van der Waals surface area contributed by atoms with Gasteiger partial charge in [0, 0.05) is 6.54 Å². The van der Waals surface area contributed by atoms with Crippen molar-refractivity contribution in [3.05, 3.63) is 27.2 Å². The van der Waals surface area contributed by atoms with Crippen molar-refractivity contribution in [1.29, 1.82) is 5.26 Å². The van der Waals surface area contributed by atoms with Crippen molar-refractivity contribution in [3.63, 3.8) is 0 Å². The third-order valence-electron chi connectivity index (χ3n) is 2.61. The lowest BCUT2D eigenvalue weighted by Crippen LogP contribution is -2.35. The average Bonchev–Trinajstić information content (AvgIpc) is 2.34. The van der Waals surface area contributed by atoms with E-state index in [1.54, 1.807) is 13.8 Å². The summed E-state index contributed by atoms with van der Waals surface area (Å²) in [4.78, 5) is 23.4. The van der Waals surface area contributed by atoms with E-state index in [-0.39, 0.29) is 18.0 Å². The minimum Gasteiger partial charge on any atom is -0.355 e. The van der Waals surface area contributed by atoms with E-state index < -0.39 is 5.56 Å². The van der Waals surface area contributed by atoms with Crippen LogP contribution in [0.2, 0.25) is 0 Å². The second kappa shape index (κ2) is 5.96. The number of hydrogen-bond donors (Lipinski definition) is 1. The number of nitrogens with one attached hydrogen (secondary N) is 1. The van der Waals surface area contributed by atoms with Crippen LogP contribution in [0.3, 0.4) is 0 Å². The summed E-state index contributed by atoms with van der Waals surface area (Å²) < 4.78 is 1.03. The topological polar surface area (TPSA) is 87.8 Å². The predicted molar refractivity (Wildman–Crippen MR) is 66.0 cm³/mol. The van der Waals surface area contributed by atoms with E-state index in [9.17, 15) is 9.59 Å². The van der Waals surface area contributed by atoms with Crippen molar-refractivity contribution < 1.29 is 4.79 Å². The number of carbonyl (C=O) groups excluding carboxylic acids is 1. The van der Waals surface area contributed by atoms with Crippen LogP contribution >= 0.6 is 0 Å². The van der Waals surface area contributed by atoms with E-state index in [4.69, 9.17) is 5.26 Å². The molecule has 1 rings (SSSR count). The Hall–Kier alpha value is -2.16. The highest BCUT2D eigenvalue weighted by Crippen LogP contribution is 2.04. The molecule has 1 N–H and O–H groups in total. The second-order valence-electron chi connectivity index (χ2n) is 4.01. The van der Waals surface area contributed by atoms with Gasteiger partial charge in [-0.3, -0.25) is 9.59 Å². The Morgan fingerprint density at radius 1 is 1.50 bits per heavy atom. The van der Waals surface area contributed by atoms with E-state index in [0.29, 0.717) is 17.8 Å². The van der Waals surface area contributed by atoms with Gasteiger partial charge in [0.05, 0.1) is 5.69 Å². The van der Waals surface area contributed by atoms with Gasteiger partial charge in [-0.05, 0) is 25.8 Å². The fraction of sp³-hybridized carbons (Fsp3) is 0.500. The Labute approximate surface area is 105 Å². The molecule has 18 heavy (non-hydrogen) atoms. The lowest BCUT2D eigenvalue weighted by molar-refractivity contribution is -0.121. The summed E-state index contributed by atoms with van der Waals surface area (Å²) in [5.41, 5.74) is 0.667. The standard InChI is InChI=1S/C12H16N4O2/c1-4-5-14-11(17)7-16-12(18)10(6-13)8(2)9(3)15-16/h4-5,7H2,1-3H3,(H,14,17). The number of nitrogens with zero attached hydrogens (tertiary/aromatic N) is 3. The van der Waals surface area contributed by atoms with Gasteiger partial charge in [0.1, 0.15) is 18.2 Å². The molecule has 1 aromatic heterocycles. The molecule has 0 atom stereocenters. The normalized spacial score (nSPS) is 9.89. The quantitative estimate of drug-likeness (QED) is 0.827. The number of carbonyl (C=O) groups is 1. The van der Waals surface area contributed by atoms with Crippen molar-refractivity contribution in [3.8, 4) is 6.07 Å². The van der Waals surface area contributed by atoms with Crippen LogP contribution in [0.5, 0.6) is 0 Å². The van der Waals surface area contributed by atoms with Gasteiger partial charge in [0.15, 0.2) is 0 Å². The molecule has 0 bridgehead atoms. The summed E-state index contributed by atoms with van der Waals surface area (Å²) in [5, 5.41) is 15.6. The second-order valence-corrected chi connectivity index (χ2v) is 4.01. The molecule has 0 unspecified atom stereocenters. The number of nitriles is 1. The van der Waals surface area contributed by atoms with Crippen molar-refractivity contribution in [1.82, 2.24) is 15.1 Å². The number of rotatable bonds is 4. The van der Waals surface area contributed by atoms with Gasteiger partial charge >= 0.3 is 0 Å². The molecule has 1 aromatic rings. The molecule has 0 aliphatic rings. The third kappa shape index (κ3) is 2.94. The van der Waals surface area contributed by atoms with Crippen LogP contribution in [-0.4, -0.2) is 22.2 Å². The van der Waals surface area contributed by atoms with E-state index in [0.717, 1.165) is 11.1 Å². The summed E-state index contributed by atoms with van der Waals surface area (Å²) in [6.45, 7) is 5.71. The number of hydrogen-bond acceptors (Lipinski definition) is 4. The molecule has 1 heterocycles. The molecule has 0 radical (unpaired) electrons. The van der Waals surface area contributed by atoms with Crippen LogP contribution in [0.15, 0.2) is 4.79 Å². The molecule has 0 aliphatic carbocycles. The molecule has 6 nitrogen and oxygen atoms in total.